The van der Waals surface area contributed by atoms with E-state index >= 15 is 0 Å². The Morgan fingerprint density at radius 3 is 2.52 bits per heavy atom. The van der Waals surface area contributed by atoms with Gasteiger partial charge in [-0.05, 0) is 47.8 Å². The molecule has 0 saturated heterocycles. The van der Waals surface area contributed by atoms with Gasteiger partial charge < -0.3 is 10.6 Å². The SMILES string of the molecule is CNC(=O)CCc1ccc(NC(=S)NC(=O)c2cccs2)cc1. The molecule has 0 radical (unpaired) electrons. The number of rotatable bonds is 5. The Morgan fingerprint density at radius 2 is 1.91 bits per heavy atom. The van der Waals surface area contributed by atoms with Crippen LogP contribution in [0.4, 0.5) is 5.69 Å². The van der Waals surface area contributed by atoms with Crippen LogP contribution in [0.15, 0.2) is 41.8 Å². The largest absolute Gasteiger partial charge is 0.359 e. The average Bonchev–Trinajstić information content (AvgIpc) is 3.08. The van der Waals surface area contributed by atoms with Crippen LogP contribution in [-0.4, -0.2) is 24.0 Å². The van der Waals surface area contributed by atoms with E-state index in [1.54, 1.807) is 13.1 Å². The quantitative estimate of drug-likeness (QED) is 0.727. The molecule has 0 spiro atoms. The van der Waals surface area contributed by atoms with E-state index in [2.05, 4.69) is 16.0 Å². The third-order valence-electron chi connectivity index (χ3n) is 3.10. The molecule has 2 rings (SSSR count). The molecular weight excluding hydrogens is 330 g/mol. The molecule has 2 aromatic rings. The number of carbonyl (C=O) groups is 2. The second-order valence-electron chi connectivity index (χ2n) is 4.76. The zero-order chi connectivity index (χ0) is 16.7. The first-order valence-corrected chi connectivity index (χ1v) is 8.32. The van der Waals surface area contributed by atoms with Crippen molar-refractivity contribution in [2.75, 3.05) is 12.4 Å². The van der Waals surface area contributed by atoms with Gasteiger partial charge in [0.15, 0.2) is 5.11 Å². The van der Waals surface area contributed by atoms with Crippen molar-refractivity contribution in [1.29, 1.82) is 0 Å². The van der Waals surface area contributed by atoms with Crippen LogP contribution < -0.4 is 16.0 Å². The fraction of sp³-hybridized carbons (Fsp3) is 0.188. The summed E-state index contributed by atoms with van der Waals surface area (Å²) < 4.78 is 0. The topological polar surface area (TPSA) is 70.2 Å². The van der Waals surface area contributed by atoms with Gasteiger partial charge in [-0.3, -0.25) is 14.9 Å². The minimum atomic E-state index is -0.223. The number of thiophene rings is 1. The van der Waals surface area contributed by atoms with Crippen molar-refractivity contribution in [3.8, 4) is 0 Å². The van der Waals surface area contributed by atoms with Crippen LogP contribution in [0, 0.1) is 0 Å². The summed E-state index contributed by atoms with van der Waals surface area (Å²) in [5, 5.41) is 10.3. The van der Waals surface area contributed by atoms with Gasteiger partial charge in [0.25, 0.3) is 5.91 Å². The molecule has 1 aromatic heterocycles. The van der Waals surface area contributed by atoms with Crippen LogP contribution in [0.1, 0.15) is 21.7 Å². The normalized spacial score (nSPS) is 9.96. The van der Waals surface area contributed by atoms with Crippen molar-refractivity contribution in [3.05, 3.63) is 52.2 Å². The van der Waals surface area contributed by atoms with Crippen LogP contribution in [0.25, 0.3) is 0 Å². The van der Waals surface area contributed by atoms with E-state index in [0.29, 0.717) is 17.7 Å². The Balaban J connectivity index is 1.84. The number of thiocarbonyl (C=S) groups is 1. The molecule has 1 aromatic carbocycles. The molecule has 23 heavy (non-hydrogen) atoms. The van der Waals surface area contributed by atoms with Crippen LogP contribution in [-0.2, 0) is 11.2 Å². The highest BCUT2D eigenvalue weighted by Gasteiger charge is 2.08. The highest BCUT2D eigenvalue weighted by molar-refractivity contribution is 7.80. The van der Waals surface area contributed by atoms with Gasteiger partial charge in [-0.1, -0.05) is 18.2 Å². The van der Waals surface area contributed by atoms with Gasteiger partial charge in [0, 0.05) is 19.2 Å². The van der Waals surface area contributed by atoms with Crippen LogP contribution in [0.2, 0.25) is 0 Å². The lowest BCUT2D eigenvalue weighted by molar-refractivity contribution is -0.120. The van der Waals surface area contributed by atoms with Crippen LogP contribution in [0.5, 0.6) is 0 Å². The molecule has 3 N–H and O–H groups in total. The van der Waals surface area contributed by atoms with Gasteiger partial charge in [0.2, 0.25) is 5.91 Å². The lowest BCUT2D eigenvalue weighted by Gasteiger charge is -2.09. The number of hydrogen-bond donors (Lipinski definition) is 3. The average molecular weight is 347 g/mol. The number of carbonyl (C=O) groups excluding carboxylic acids is 2. The van der Waals surface area contributed by atoms with Crippen molar-refractivity contribution in [1.82, 2.24) is 10.6 Å². The molecule has 0 aliphatic rings. The van der Waals surface area contributed by atoms with Gasteiger partial charge in [-0.15, -0.1) is 11.3 Å². The highest BCUT2D eigenvalue weighted by atomic mass is 32.1. The fourth-order valence-corrected chi connectivity index (χ4v) is 2.70. The molecule has 0 aliphatic carbocycles. The third-order valence-corrected chi connectivity index (χ3v) is 4.18. The van der Waals surface area contributed by atoms with E-state index in [1.165, 1.54) is 11.3 Å². The maximum atomic E-state index is 11.9. The summed E-state index contributed by atoms with van der Waals surface area (Å²) in [5.74, 6) is -0.204. The number of hydrogen-bond acceptors (Lipinski definition) is 4. The first-order chi connectivity index (χ1) is 11.1. The summed E-state index contributed by atoms with van der Waals surface area (Å²) in [6.45, 7) is 0. The first-order valence-electron chi connectivity index (χ1n) is 7.04. The standard InChI is InChI=1S/C16H17N3O2S2/c1-17-14(20)9-6-11-4-7-12(8-5-11)18-16(22)19-15(21)13-3-2-10-23-13/h2-5,7-8,10H,6,9H2,1H3,(H,17,20)(H2,18,19,21,22). The molecule has 1 heterocycles. The summed E-state index contributed by atoms with van der Waals surface area (Å²) in [4.78, 5) is 23.7. The second kappa shape index (κ2) is 8.40. The predicted octanol–water partition coefficient (Wildman–Crippen LogP) is 2.55. The van der Waals surface area contributed by atoms with E-state index in [9.17, 15) is 9.59 Å². The van der Waals surface area contributed by atoms with Crippen molar-refractivity contribution < 1.29 is 9.59 Å². The lowest BCUT2D eigenvalue weighted by atomic mass is 10.1. The molecule has 0 aliphatic heterocycles. The van der Waals surface area contributed by atoms with E-state index in [1.807, 2.05) is 35.7 Å². The number of aryl methyl sites for hydroxylation is 1. The Kier molecular flexibility index (Phi) is 6.25. The molecule has 120 valence electrons. The molecule has 0 fully saturated rings. The molecule has 0 atom stereocenters. The first kappa shape index (κ1) is 17.1. The van der Waals surface area contributed by atoms with E-state index < -0.39 is 0 Å². The Bertz CT molecular complexity index is 682. The van der Waals surface area contributed by atoms with Crippen LogP contribution in [0.3, 0.4) is 0 Å². The number of anilines is 1. The van der Waals surface area contributed by atoms with Crippen molar-refractivity contribution in [3.63, 3.8) is 0 Å². The lowest BCUT2D eigenvalue weighted by Crippen LogP contribution is -2.33. The third kappa shape index (κ3) is 5.46. The number of amides is 2. The summed E-state index contributed by atoms with van der Waals surface area (Å²) in [5.41, 5.74) is 1.85. The summed E-state index contributed by atoms with van der Waals surface area (Å²) in [6, 6.07) is 11.1. The van der Waals surface area contributed by atoms with Crippen molar-refractivity contribution in [2.45, 2.75) is 12.8 Å². The Labute approximate surface area is 144 Å². The minimum Gasteiger partial charge on any atom is -0.359 e. The summed E-state index contributed by atoms with van der Waals surface area (Å²) >= 11 is 6.49. The van der Waals surface area contributed by atoms with Gasteiger partial charge >= 0.3 is 0 Å². The molecule has 5 nitrogen and oxygen atoms in total. The molecule has 0 bridgehead atoms. The van der Waals surface area contributed by atoms with Gasteiger partial charge in [-0.2, -0.15) is 0 Å². The monoisotopic (exact) mass is 347 g/mol. The zero-order valence-corrected chi connectivity index (χ0v) is 14.2. The molecule has 7 heteroatoms. The molecular formula is C16H17N3O2S2. The maximum absolute atomic E-state index is 11.9. The smallest absolute Gasteiger partial charge is 0.267 e. The maximum Gasteiger partial charge on any atom is 0.267 e. The number of nitrogens with one attached hydrogen (secondary N) is 3. The van der Waals surface area contributed by atoms with E-state index in [-0.39, 0.29) is 16.9 Å². The fourth-order valence-electron chi connectivity index (χ4n) is 1.87. The highest BCUT2D eigenvalue weighted by Crippen LogP contribution is 2.12. The van der Waals surface area contributed by atoms with E-state index in [0.717, 1.165) is 11.3 Å². The number of benzene rings is 1. The van der Waals surface area contributed by atoms with E-state index in [4.69, 9.17) is 12.2 Å². The summed E-state index contributed by atoms with van der Waals surface area (Å²) in [7, 11) is 1.63. The van der Waals surface area contributed by atoms with Gasteiger partial charge in [-0.25, -0.2) is 0 Å². The molecule has 0 unspecified atom stereocenters. The van der Waals surface area contributed by atoms with Crippen molar-refractivity contribution >= 4 is 46.2 Å². The van der Waals surface area contributed by atoms with Gasteiger partial charge in [0.1, 0.15) is 0 Å². The van der Waals surface area contributed by atoms with Gasteiger partial charge in [0.05, 0.1) is 4.88 Å². The second-order valence-corrected chi connectivity index (χ2v) is 6.11. The zero-order valence-electron chi connectivity index (χ0n) is 12.6. The Morgan fingerprint density at radius 1 is 1.17 bits per heavy atom. The molecule has 2 amide bonds. The molecule has 0 saturated carbocycles. The van der Waals surface area contributed by atoms with Crippen molar-refractivity contribution in [2.24, 2.45) is 0 Å². The Hall–Kier alpha value is -2.25. The predicted molar refractivity (Wildman–Crippen MR) is 96.8 cm³/mol. The van der Waals surface area contributed by atoms with Crippen LogP contribution >= 0.6 is 23.6 Å². The summed E-state index contributed by atoms with van der Waals surface area (Å²) in [6.07, 6.45) is 1.14. The minimum absolute atomic E-state index is 0.0182.